The molecule has 0 spiro atoms. The zero-order valence-electron chi connectivity index (χ0n) is 20.7. The van der Waals surface area contributed by atoms with Crippen LogP contribution in [0, 0.1) is 35.4 Å². The second-order valence-electron chi connectivity index (χ2n) is 10.4. The van der Waals surface area contributed by atoms with Crippen molar-refractivity contribution in [1.82, 2.24) is 9.88 Å². The molecule has 2 saturated carbocycles. The van der Waals surface area contributed by atoms with Crippen molar-refractivity contribution < 1.29 is 23.8 Å². The molecule has 1 aromatic carbocycles. The van der Waals surface area contributed by atoms with Crippen LogP contribution >= 0.6 is 0 Å². The monoisotopic (exact) mass is 492 g/mol. The number of amides is 1. The van der Waals surface area contributed by atoms with Crippen LogP contribution in [0.2, 0.25) is 0 Å². The van der Waals surface area contributed by atoms with Crippen molar-refractivity contribution >= 4 is 18.1 Å². The summed E-state index contributed by atoms with van der Waals surface area (Å²) < 4.78 is 19.3. The number of fused-ring (bicyclic) bond motifs is 2. The van der Waals surface area contributed by atoms with Crippen LogP contribution in [-0.4, -0.2) is 45.7 Å². The van der Waals surface area contributed by atoms with Gasteiger partial charge >= 0.3 is 12.1 Å². The van der Waals surface area contributed by atoms with Crippen LogP contribution in [0.15, 0.2) is 48.7 Å². The van der Waals surface area contributed by atoms with Gasteiger partial charge in [-0.25, -0.2) is 9.18 Å². The highest BCUT2D eigenvalue weighted by atomic mass is 19.1. The van der Waals surface area contributed by atoms with E-state index in [1.165, 1.54) is 12.1 Å². The first-order chi connectivity index (χ1) is 17.4. The lowest BCUT2D eigenvalue weighted by molar-refractivity contribution is -0.144. The highest BCUT2D eigenvalue weighted by Crippen LogP contribution is 2.54. The van der Waals surface area contributed by atoms with Crippen LogP contribution in [-0.2, 0) is 9.53 Å². The molecule has 1 amide bonds. The summed E-state index contributed by atoms with van der Waals surface area (Å²) in [6.07, 6.45) is 8.32. The molecule has 0 unspecified atom stereocenters. The minimum absolute atomic E-state index is 0.00168. The van der Waals surface area contributed by atoms with E-state index in [1.807, 2.05) is 38.1 Å². The van der Waals surface area contributed by atoms with Crippen molar-refractivity contribution in [2.24, 2.45) is 29.6 Å². The molecule has 2 aromatic rings. The first-order valence-corrected chi connectivity index (χ1v) is 13.0. The van der Waals surface area contributed by atoms with E-state index in [4.69, 9.17) is 4.74 Å². The number of pyridine rings is 1. The molecule has 0 bridgehead atoms. The third-order valence-corrected chi connectivity index (χ3v) is 8.58. The van der Waals surface area contributed by atoms with Gasteiger partial charge in [0.15, 0.2) is 0 Å². The number of halogens is 1. The quantitative estimate of drug-likeness (QED) is 0.527. The number of carbonyl (C=O) groups is 2. The Balaban J connectivity index is 1.38. The summed E-state index contributed by atoms with van der Waals surface area (Å²) in [5.41, 5.74) is 2.44. The number of nitrogens with zero attached hydrogens (tertiary/aromatic N) is 2. The number of esters is 1. The van der Waals surface area contributed by atoms with E-state index >= 15 is 0 Å². The summed E-state index contributed by atoms with van der Waals surface area (Å²) in [6.45, 7) is 4.35. The van der Waals surface area contributed by atoms with Crippen LogP contribution in [0.4, 0.5) is 9.18 Å². The van der Waals surface area contributed by atoms with Gasteiger partial charge in [0.1, 0.15) is 11.9 Å². The first-order valence-electron chi connectivity index (χ1n) is 13.0. The normalized spacial score (nSPS) is 31.5. The van der Waals surface area contributed by atoms with E-state index in [0.29, 0.717) is 12.5 Å². The highest BCUT2D eigenvalue weighted by molar-refractivity contribution is 5.75. The van der Waals surface area contributed by atoms with Crippen LogP contribution in [0.1, 0.15) is 45.2 Å². The Bertz CT molecular complexity index is 1150. The fourth-order valence-corrected chi connectivity index (χ4v) is 6.98. The summed E-state index contributed by atoms with van der Waals surface area (Å²) in [6, 6.07) is 10.3. The standard InChI is InChI=1S/C29H33FN2O4/c1-3-32(29(34)35)23-10-12-24-20(14-23)15-26-27(17(2)36-28(26)33)25(24)11-9-22-8-7-19(16-31-22)18-5-4-6-21(30)13-18/h4-9,11,13,16-17,20,23-27H,3,10,12,14-15H2,1-2H3,(H,34,35)/b11-9+/t17-,20+,23-,24-,25+,26-,27+/m1/s1. The van der Waals surface area contributed by atoms with E-state index in [1.54, 1.807) is 17.2 Å². The molecule has 5 rings (SSSR count). The molecule has 1 saturated heterocycles. The van der Waals surface area contributed by atoms with Crippen molar-refractivity contribution in [2.75, 3.05) is 6.54 Å². The molecule has 2 heterocycles. The van der Waals surface area contributed by atoms with Gasteiger partial charge in [0, 0.05) is 30.3 Å². The number of carbonyl (C=O) groups excluding carboxylic acids is 1. The maximum Gasteiger partial charge on any atom is 0.407 e. The molecule has 36 heavy (non-hydrogen) atoms. The molecule has 1 N–H and O–H groups in total. The van der Waals surface area contributed by atoms with E-state index in [0.717, 1.165) is 42.5 Å². The fraction of sp³-hybridized carbons (Fsp3) is 0.483. The smallest absolute Gasteiger partial charge is 0.407 e. The lowest BCUT2D eigenvalue weighted by Gasteiger charge is -2.49. The average Bonchev–Trinajstić information content (AvgIpc) is 3.15. The number of rotatable bonds is 5. The Hall–Kier alpha value is -3.22. The van der Waals surface area contributed by atoms with Gasteiger partial charge < -0.3 is 14.7 Å². The van der Waals surface area contributed by atoms with Gasteiger partial charge in [0.25, 0.3) is 0 Å². The second kappa shape index (κ2) is 10.0. The van der Waals surface area contributed by atoms with Gasteiger partial charge in [-0.2, -0.15) is 0 Å². The van der Waals surface area contributed by atoms with Crippen molar-refractivity contribution in [2.45, 2.75) is 51.7 Å². The van der Waals surface area contributed by atoms with Crippen LogP contribution in [0.3, 0.4) is 0 Å². The first kappa shape index (κ1) is 24.5. The molecule has 190 valence electrons. The zero-order chi connectivity index (χ0) is 25.4. The van der Waals surface area contributed by atoms with Crippen LogP contribution in [0.25, 0.3) is 17.2 Å². The van der Waals surface area contributed by atoms with E-state index in [2.05, 4.69) is 11.1 Å². The molecule has 1 aliphatic heterocycles. The number of carboxylic acid groups (broad SMARTS) is 1. The molecule has 3 fully saturated rings. The third kappa shape index (κ3) is 4.63. The van der Waals surface area contributed by atoms with Gasteiger partial charge in [-0.1, -0.05) is 24.3 Å². The Labute approximate surface area is 211 Å². The number of benzene rings is 1. The molecule has 0 radical (unpaired) electrons. The van der Waals surface area contributed by atoms with E-state index in [9.17, 15) is 19.1 Å². The molecule has 6 nitrogen and oxygen atoms in total. The maximum absolute atomic E-state index is 13.6. The average molecular weight is 493 g/mol. The minimum atomic E-state index is -0.868. The Morgan fingerprint density at radius 2 is 2.06 bits per heavy atom. The largest absolute Gasteiger partial charge is 0.465 e. The predicted octanol–water partition coefficient (Wildman–Crippen LogP) is 5.88. The van der Waals surface area contributed by atoms with Crippen LogP contribution < -0.4 is 0 Å². The third-order valence-electron chi connectivity index (χ3n) is 8.58. The molecule has 1 aromatic heterocycles. The lowest BCUT2D eigenvalue weighted by Crippen LogP contribution is -2.49. The minimum Gasteiger partial charge on any atom is -0.465 e. The topological polar surface area (TPSA) is 79.7 Å². The van der Waals surface area contributed by atoms with Crippen molar-refractivity contribution in [3.8, 4) is 11.1 Å². The number of ether oxygens (including phenoxy) is 1. The zero-order valence-corrected chi connectivity index (χ0v) is 20.7. The number of hydrogen-bond acceptors (Lipinski definition) is 4. The van der Waals surface area contributed by atoms with E-state index < -0.39 is 6.09 Å². The summed E-state index contributed by atoms with van der Waals surface area (Å²) in [5.74, 6) is 0.428. The maximum atomic E-state index is 13.6. The van der Waals surface area contributed by atoms with Gasteiger partial charge in [0.05, 0.1) is 11.6 Å². The number of aromatic nitrogens is 1. The van der Waals surface area contributed by atoms with Gasteiger partial charge in [-0.15, -0.1) is 0 Å². The molecule has 3 aliphatic rings. The molecule has 7 heteroatoms. The molecular weight excluding hydrogens is 459 g/mol. The number of hydrogen-bond donors (Lipinski definition) is 1. The summed E-state index contributed by atoms with van der Waals surface area (Å²) >= 11 is 0. The van der Waals surface area contributed by atoms with Gasteiger partial charge in [0.2, 0.25) is 0 Å². The van der Waals surface area contributed by atoms with Crippen molar-refractivity contribution in [1.29, 1.82) is 0 Å². The van der Waals surface area contributed by atoms with Crippen LogP contribution in [0.5, 0.6) is 0 Å². The fourth-order valence-electron chi connectivity index (χ4n) is 6.98. The molecular formula is C29H33FN2O4. The Morgan fingerprint density at radius 1 is 1.22 bits per heavy atom. The SMILES string of the molecule is CCN(C(=O)O)[C@@H]1CC[C@@H]2[C@@H](C1)C[C@H]1C(=O)O[C@H](C)[C@H]1[C@H]2/C=C/c1ccc(-c2cccc(F)c2)cn1. The van der Waals surface area contributed by atoms with Crippen molar-refractivity contribution in [3.63, 3.8) is 0 Å². The number of allylic oxidation sites excluding steroid dienone is 1. The number of cyclic esters (lactones) is 1. The molecule has 2 aliphatic carbocycles. The second-order valence-corrected chi connectivity index (χ2v) is 10.4. The summed E-state index contributed by atoms with van der Waals surface area (Å²) in [7, 11) is 0. The van der Waals surface area contributed by atoms with Gasteiger partial charge in [-0.3, -0.25) is 9.78 Å². The highest BCUT2D eigenvalue weighted by Gasteiger charge is 2.54. The lowest BCUT2D eigenvalue weighted by atomic mass is 9.56. The van der Waals surface area contributed by atoms with E-state index in [-0.39, 0.29) is 47.6 Å². The Morgan fingerprint density at radius 3 is 2.75 bits per heavy atom. The molecule has 7 atom stereocenters. The summed E-state index contributed by atoms with van der Waals surface area (Å²) in [4.78, 5) is 30.6. The predicted molar refractivity (Wildman–Crippen MR) is 134 cm³/mol. The van der Waals surface area contributed by atoms with Gasteiger partial charge in [-0.05, 0) is 87.1 Å². The Kier molecular flexibility index (Phi) is 6.82. The summed E-state index contributed by atoms with van der Waals surface area (Å²) in [5, 5.41) is 9.63. The van der Waals surface area contributed by atoms with Crippen molar-refractivity contribution in [3.05, 3.63) is 60.2 Å².